The van der Waals surface area contributed by atoms with Crippen LogP contribution in [0.5, 0.6) is 0 Å². The molecule has 2 aliphatic carbocycles. The van der Waals surface area contributed by atoms with Crippen molar-refractivity contribution >= 4 is 29.7 Å². The van der Waals surface area contributed by atoms with E-state index in [2.05, 4.69) is 16.0 Å². The van der Waals surface area contributed by atoms with Crippen LogP contribution in [0.2, 0.25) is 0 Å². The van der Waals surface area contributed by atoms with Gasteiger partial charge in [0.1, 0.15) is 5.54 Å². The van der Waals surface area contributed by atoms with E-state index in [-0.39, 0.29) is 25.5 Å². The Morgan fingerprint density at radius 1 is 1.08 bits per heavy atom. The Balaban J connectivity index is 1.74. The maximum absolute atomic E-state index is 14.4. The number of hydrogen-bond acceptors (Lipinski definition) is 6. The van der Waals surface area contributed by atoms with E-state index in [9.17, 15) is 29.1 Å². The first kappa shape index (κ1) is 26.1. The summed E-state index contributed by atoms with van der Waals surface area (Å²) in [6.45, 7) is 1.76. The van der Waals surface area contributed by atoms with Crippen molar-refractivity contribution in [2.75, 3.05) is 19.7 Å². The summed E-state index contributed by atoms with van der Waals surface area (Å²) < 4.78 is 0. The lowest BCUT2D eigenvalue weighted by atomic mass is 9.57. The zero-order valence-electron chi connectivity index (χ0n) is 21.5. The van der Waals surface area contributed by atoms with Crippen LogP contribution in [0.4, 0.5) is 4.79 Å². The molecule has 0 bridgehead atoms. The maximum atomic E-state index is 14.4. The van der Waals surface area contributed by atoms with Crippen LogP contribution in [0.3, 0.4) is 0 Å². The average molecular weight is 523 g/mol. The number of hydrogen-bond donors (Lipinski definition) is 4. The summed E-state index contributed by atoms with van der Waals surface area (Å²) in [4.78, 5) is 69.4. The van der Waals surface area contributed by atoms with E-state index in [1.165, 1.54) is 0 Å². The predicted octanol–water partition coefficient (Wildman–Crippen LogP) is 1.04. The van der Waals surface area contributed by atoms with E-state index in [4.69, 9.17) is 0 Å². The SMILES string of the molecule is CCC1=C2CC[C@H]3C(=O)NC(=O)[C@H]3[C@H]2[C@@](Cc2ccccc2)(C(=O)NCC2CC2)N(C(=O)NCCO)C1=O. The quantitative estimate of drug-likeness (QED) is 0.376. The molecule has 0 unspecified atom stereocenters. The van der Waals surface area contributed by atoms with E-state index in [1.54, 1.807) is 0 Å². The molecule has 10 nitrogen and oxygen atoms in total. The molecule has 2 heterocycles. The van der Waals surface area contributed by atoms with Crippen LogP contribution in [0, 0.1) is 23.7 Å². The summed E-state index contributed by atoms with van der Waals surface area (Å²) in [5.41, 5.74) is 0.0188. The number of nitrogens with one attached hydrogen (secondary N) is 3. The number of imide groups is 2. The van der Waals surface area contributed by atoms with Gasteiger partial charge in [-0.05, 0) is 43.6 Å². The number of benzene rings is 1. The highest BCUT2D eigenvalue weighted by atomic mass is 16.3. The molecule has 0 radical (unpaired) electrons. The number of nitrogens with zero attached hydrogens (tertiary/aromatic N) is 1. The van der Waals surface area contributed by atoms with Crippen molar-refractivity contribution < 1.29 is 29.1 Å². The lowest BCUT2D eigenvalue weighted by Crippen LogP contribution is -2.73. The van der Waals surface area contributed by atoms with Gasteiger partial charge in [-0.2, -0.15) is 0 Å². The Morgan fingerprint density at radius 3 is 2.47 bits per heavy atom. The van der Waals surface area contributed by atoms with Gasteiger partial charge in [0, 0.05) is 31.0 Å². The van der Waals surface area contributed by atoms with Crippen molar-refractivity contribution in [3.63, 3.8) is 0 Å². The van der Waals surface area contributed by atoms with Gasteiger partial charge in [-0.25, -0.2) is 9.69 Å². The van der Waals surface area contributed by atoms with Gasteiger partial charge in [0.15, 0.2) is 0 Å². The second-order valence-electron chi connectivity index (χ2n) is 10.7. The number of urea groups is 1. The van der Waals surface area contributed by atoms with Crippen LogP contribution in [0.15, 0.2) is 41.5 Å². The highest BCUT2D eigenvalue weighted by Gasteiger charge is 2.66. The van der Waals surface area contributed by atoms with Gasteiger partial charge in [-0.3, -0.25) is 24.5 Å². The standard InChI is InChI=1S/C28H34N4O6/c1-2-18-19-10-11-20-21(24(35)31-23(20)34)22(19)28(14-16-6-4-3-5-7-16,26(37)30-15-17-8-9-17)32(25(18)36)27(38)29-12-13-33/h3-7,17,20-22,33H,2,8-15H2,1H3,(H,29,38)(H,30,37)(H,31,34,35)/t20-,21-,22+,28+/m1/s1. The summed E-state index contributed by atoms with van der Waals surface area (Å²) in [5, 5.41) is 17.4. The molecule has 2 aliphatic heterocycles. The van der Waals surface area contributed by atoms with Crippen LogP contribution in [-0.4, -0.2) is 64.9 Å². The van der Waals surface area contributed by atoms with Crippen LogP contribution in [-0.2, 0) is 25.6 Å². The number of aliphatic hydroxyl groups is 1. The third-order valence-corrected chi connectivity index (χ3v) is 8.44. The van der Waals surface area contributed by atoms with Crippen molar-refractivity contribution in [3.05, 3.63) is 47.0 Å². The number of rotatable bonds is 8. The fourth-order valence-electron chi connectivity index (χ4n) is 6.56. The Morgan fingerprint density at radius 2 is 1.82 bits per heavy atom. The molecule has 6 amide bonds. The van der Waals surface area contributed by atoms with Crippen molar-refractivity contribution in [3.8, 4) is 0 Å². The van der Waals surface area contributed by atoms with Gasteiger partial charge in [0.05, 0.1) is 18.4 Å². The number of amides is 6. The van der Waals surface area contributed by atoms with Crippen LogP contribution in [0.1, 0.15) is 44.6 Å². The van der Waals surface area contributed by atoms with E-state index < -0.39 is 47.0 Å². The largest absolute Gasteiger partial charge is 0.395 e. The van der Waals surface area contributed by atoms with E-state index in [1.807, 2.05) is 37.3 Å². The maximum Gasteiger partial charge on any atom is 0.325 e. The molecule has 1 aromatic carbocycles. The van der Waals surface area contributed by atoms with Crippen LogP contribution < -0.4 is 16.0 Å². The van der Waals surface area contributed by atoms with Gasteiger partial charge in [-0.1, -0.05) is 42.8 Å². The monoisotopic (exact) mass is 522 g/mol. The molecule has 4 atom stereocenters. The van der Waals surface area contributed by atoms with Gasteiger partial charge >= 0.3 is 6.03 Å². The minimum Gasteiger partial charge on any atom is -0.395 e. The summed E-state index contributed by atoms with van der Waals surface area (Å²) in [6.07, 6.45) is 3.06. The molecule has 1 aromatic rings. The second kappa shape index (κ2) is 10.3. The average Bonchev–Trinajstić information content (AvgIpc) is 3.70. The molecule has 0 spiro atoms. The Hall–Kier alpha value is -3.53. The Kier molecular flexibility index (Phi) is 7.09. The minimum absolute atomic E-state index is 0.0154. The van der Waals surface area contributed by atoms with Crippen molar-refractivity contribution in [2.45, 2.75) is 51.0 Å². The van der Waals surface area contributed by atoms with Gasteiger partial charge in [0.2, 0.25) is 17.7 Å². The van der Waals surface area contributed by atoms with Crippen molar-refractivity contribution in [1.82, 2.24) is 20.9 Å². The third-order valence-electron chi connectivity index (χ3n) is 8.44. The molecule has 0 aromatic heterocycles. The summed E-state index contributed by atoms with van der Waals surface area (Å²) >= 11 is 0. The van der Waals surface area contributed by atoms with E-state index >= 15 is 0 Å². The molecule has 3 fully saturated rings. The molecular formula is C28H34N4O6. The number of carbonyl (C=O) groups excluding carboxylic acids is 5. The Labute approximate surface area is 221 Å². The van der Waals surface area contributed by atoms with Crippen LogP contribution >= 0.6 is 0 Å². The first-order chi connectivity index (χ1) is 18.3. The molecule has 202 valence electrons. The minimum atomic E-state index is -1.79. The first-order valence-electron chi connectivity index (χ1n) is 13.5. The van der Waals surface area contributed by atoms with Crippen molar-refractivity contribution in [1.29, 1.82) is 0 Å². The third kappa shape index (κ3) is 4.30. The number of aliphatic hydroxyl groups excluding tert-OH is 1. The fourth-order valence-corrected chi connectivity index (χ4v) is 6.56. The van der Waals surface area contributed by atoms with E-state index in [0.29, 0.717) is 48.4 Å². The lowest BCUT2D eigenvalue weighted by molar-refractivity contribution is -0.151. The van der Waals surface area contributed by atoms with Crippen molar-refractivity contribution in [2.24, 2.45) is 23.7 Å². The highest BCUT2D eigenvalue weighted by Crippen LogP contribution is 2.53. The zero-order chi connectivity index (χ0) is 27.0. The predicted molar refractivity (Wildman–Crippen MR) is 136 cm³/mol. The number of carbonyl (C=O) groups is 5. The molecule has 4 aliphatic rings. The lowest BCUT2D eigenvalue weighted by Gasteiger charge is -2.54. The fraction of sp³-hybridized carbons (Fsp3) is 0.536. The molecule has 1 saturated heterocycles. The topological polar surface area (TPSA) is 145 Å². The summed E-state index contributed by atoms with van der Waals surface area (Å²) in [6, 6.07) is 8.30. The normalized spacial score (nSPS) is 28.5. The number of fused-ring (bicyclic) bond motifs is 3. The first-order valence-corrected chi connectivity index (χ1v) is 13.5. The molecule has 10 heteroatoms. The van der Waals surface area contributed by atoms with Gasteiger partial charge < -0.3 is 15.7 Å². The smallest absolute Gasteiger partial charge is 0.325 e. The summed E-state index contributed by atoms with van der Waals surface area (Å²) in [5.74, 6) is -3.99. The van der Waals surface area contributed by atoms with Crippen LogP contribution in [0.25, 0.3) is 0 Å². The zero-order valence-corrected chi connectivity index (χ0v) is 21.5. The molecule has 4 N–H and O–H groups in total. The highest BCUT2D eigenvalue weighted by molar-refractivity contribution is 6.12. The molecule has 38 heavy (non-hydrogen) atoms. The van der Waals surface area contributed by atoms with Gasteiger partial charge in [-0.15, -0.1) is 0 Å². The van der Waals surface area contributed by atoms with E-state index in [0.717, 1.165) is 17.7 Å². The summed E-state index contributed by atoms with van der Waals surface area (Å²) in [7, 11) is 0. The molecular weight excluding hydrogens is 488 g/mol. The molecule has 2 saturated carbocycles. The Bertz CT molecular complexity index is 1190. The second-order valence-corrected chi connectivity index (χ2v) is 10.7. The van der Waals surface area contributed by atoms with Gasteiger partial charge in [0.25, 0.3) is 5.91 Å². The molecule has 5 rings (SSSR count).